The molecule has 3 aromatic rings. The molecule has 0 radical (unpaired) electrons. The molecule has 1 fully saturated rings. The van der Waals surface area contributed by atoms with Gasteiger partial charge in [-0.15, -0.1) is 11.3 Å². The van der Waals surface area contributed by atoms with E-state index in [0.29, 0.717) is 10.7 Å². The summed E-state index contributed by atoms with van der Waals surface area (Å²) in [4.78, 5) is 17.6. The summed E-state index contributed by atoms with van der Waals surface area (Å²) in [6.07, 6.45) is 8.66. The number of benzene rings is 2. The van der Waals surface area contributed by atoms with Crippen LogP contribution in [0.2, 0.25) is 0 Å². The molecule has 1 N–H and O–H groups in total. The lowest BCUT2D eigenvalue weighted by atomic mass is 9.90. The molecular weight excluding hydrogens is 466 g/mol. The van der Waals surface area contributed by atoms with Gasteiger partial charge in [-0.1, -0.05) is 25.0 Å². The molecule has 0 bridgehead atoms. The summed E-state index contributed by atoms with van der Waals surface area (Å²) in [5, 5.41) is 5.32. The summed E-state index contributed by atoms with van der Waals surface area (Å²) >= 11 is 1.38. The number of nitrogens with zero attached hydrogens (tertiary/aromatic N) is 2. The molecule has 8 heteroatoms. The summed E-state index contributed by atoms with van der Waals surface area (Å²) in [6, 6.07) is 12.7. The number of amides is 1. The van der Waals surface area contributed by atoms with Crippen LogP contribution in [0.25, 0.3) is 11.3 Å². The SMILES string of the molecule is CN(C1CCCC1)S(=O)(=O)c1ccc(C(=O)Nc2nc(-c3ccc4c(c3)CCCC4)cs2)cc1. The molecule has 1 amide bonds. The van der Waals surface area contributed by atoms with Crippen molar-refractivity contribution >= 4 is 32.4 Å². The van der Waals surface area contributed by atoms with Gasteiger partial charge in [0.1, 0.15) is 0 Å². The van der Waals surface area contributed by atoms with E-state index in [2.05, 4.69) is 28.5 Å². The lowest BCUT2D eigenvalue weighted by molar-refractivity contribution is 0.102. The monoisotopic (exact) mass is 495 g/mol. The number of carbonyl (C=O) groups is 1. The van der Waals surface area contributed by atoms with Crippen molar-refractivity contribution in [3.63, 3.8) is 0 Å². The van der Waals surface area contributed by atoms with Crippen LogP contribution < -0.4 is 5.32 Å². The van der Waals surface area contributed by atoms with E-state index in [9.17, 15) is 13.2 Å². The van der Waals surface area contributed by atoms with Gasteiger partial charge in [0, 0.05) is 29.6 Å². The van der Waals surface area contributed by atoms with Gasteiger partial charge >= 0.3 is 0 Å². The first-order valence-corrected chi connectivity index (χ1v) is 14.2. The summed E-state index contributed by atoms with van der Waals surface area (Å²) in [6.45, 7) is 0. The minimum absolute atomic E-state index is 0.0576. The van der Waals surface area contributed by atoms with E-state index in [1.54, 1.807) is 19.2 Å². The Bertz CT molecular complexity index is 1290. The smallest absolute Gasteiger partial charge is 0.257 e. The Morgan fingerprint density at radius 3 is 2.44 bits per heavy atom. The second-order valence-electron chi connectivity index (χ2n) is 9.17. The zero-order valence-corrected chi connectivity index (χ0v) is 20.9. The fourth-order valence-electron chi connectivity index (χ4n) is 4.93. The maximum absolute atomic E-state index is 12.9. The molecule has 34 heavy (non-hydrogen) atoms. The molecular formula is C26H29N3O3S2. The first kappa shape index (κ1) is 23.2. The average Bonchev–Trinajstić information content (AvgIpc) is 3.56. The number of nitrogens with one attached hydrogen (secondary N) is 1. The fourth-order valence-corrected chi connectivity index (χ4v) is 7.07. The highest BCUT2D eigenvalue weighted by atomic mass is 32.2. The average molecular weight is 496 g/mol. The van der Waals surface area contributed by atoms with Crippen molar-refractivity contribution in [2.24, 2.45) is 0 Å². The van der Waals surface area contributed by atoms with Crippen molar-refractivity contribution in [1.82, 2.24) is 9.29 Å². The van der Waals surface area contributed by atoms with Crippen molar-refractivity contribution in [1.29, 1.82) is 0 Å². The van der Waals surface area contributed by atoms with Crippen LogP contribution in [0.4, 0.5) is 5.13 Å². The number of thiazole rings is 1. The number of sulfonamides is 1. The molecule has 1 heterocycles. The molecule has 0 spiro atoms. The third-order valence-electron chi connectivity index (χ3n) is 7.00. The van der Waals surface area contributed by atoms with Crippen LogP contribution in [-0.2, 0) is 22.9 Å². The van der Waals surface area contributed by atoms with Gasteiger partial charge in [-0.3, -0.25) is 10.1 Å². The van der Waals surface area contributed by atoms with E-state index in [1.165, 1.54) is 51.7 Å². The van der Waals surface area contributed by atoms with Crippen LogP contribution in [0.1, 0.15) is 60.0 Å². The van der Waals surface area contributed by atoms with Crippen LogP contribution >= 0.6 is 11.3 Å². The van der Waals surface area contributed by atoms with Gasteiger partial charge in [-0.25, -0.2) is 13.4 Å². The highest BCUT2D eigenvalue weighted by Crippen LogP contribution is 2.30. The van der Waals surface area contributed by atoms with Crippen molar-refractivity contribution in [2.45, 2.75) is 62.3 Å². The number of aryl methyl sites for hydroxylation is 2. The molecule has 2 aliphatic carbocycles. The topological polar surface area (TPSA) is 79.4 Å². The van der Waals surface area contributed by atoms with E-state index in [1.807, 2.05) is 5.38 Å². The van der Waals surface area contributed by atoms with Crippen LogP contribution in [0.3, 0.4) is 0 Å². The van der Waals surface area contributed by atoms with E-state index in [0.717, 1.165) is 49.8 Å². The standard InChI is InChI=1S/C26H29N3O3S2/c1-29(22-8-4-5-9-22)34(31,32)23-14-12-19(13-15-23)25(30)28-26-27-24(17-33-26)21-11-10-18-6-2-3-7-20(18)16-21/h10-17,22H,2-9H2,1H3,(H,27,28,30). The van der Waals surface area contributed by atoms with Crippen molar-refractivity contribution in [3.05, 3.63) is 64.5 Å². The number of aromatic nitrogens is 1. The number of rotatable bonds is 6. The number of carbonyl (C=O) groups excluding carboxylic acids is 1. The van der Waals surface area contributed by atoms with E-state index in [4.69, 9.17) is 0 Å². The van der Waals surface area contributed by atoms with Crippen LogP contribution in [0.5, 0.6) is 0 Å². The molecule has 1 aromatic heterocycles. The molecule has 0 atom stereocenters. The zero-order chi connectivity index (χ0) is 23.7. The van der Waals surface area contributed by atoms with Crippen LogP contribution in [0.15, 0.2) is 52.7 Å². The predicted octanol–water partition coefficient (Wildman–Crippen LogP) is 5.50. The van der Waals surface area contributed by atoms with Crippen molar-refractivity contribution < 1.29 is 13.2 Å². The quantitative estimate of drug-likeness (QED) is 0.489. The Balaban J connectivity index is 1.27. The molecule has 0 unspecified atom stereocenters. The van der Waals surface area contributed by atoms with E-state index < -0.39 is 10.0 Å². The first-order chi connectivity index (χ1) is 16.4. The maximum Gasteiger partial charge on any atom is 0.257 e. The van der Waals surface area contributed by atoms with Crippen molar-refractivity contribution in [3.8, 4) is 11.3 Å². The van der Waals surface area contributed by atoms with Gasteiger partial charge in [0.15, 0.2) is 5.13 Å². The number of anilines is 1. The summed E-state index contributed by atoms with van der Waals surface area (Å²) in [5.41, 5.74) is 5.14. The van der Waals surface area contributed by atoms with Crippen molar-refractivity contribution in [2.75, 3.05) is 12.4 Å². The third kappa shape index (κ3) is 4.67. The van der Waals surface area contributed by atoms with Crippen LogP contribution in [0, 0.1) is 0 Å². The minimum atomic E-state index is -3.57. The third-order valence-corrected chi connectivity index (χ3v) is 9.68. The second kappa shape index (κ2) is 9.60. The maximum atomic E-state index is 12.9. The van der Waals surface area contributed by atoms with E-state index >= 15 is 0 Å². The number of fused-ring (bicyclic) bond motifs is 1. The van der Waals surface area contributed by atoms with Crippen LogP contribution in [-0.4, -0.2) is 36.7 Å². The summed E-state index contributed by atoms with van der Waals surface area (Å²) < 4.78 is 27.4. The van der Waals surface area contributed by atoms with Gasteiger partial charge in [0.25, 0.3) is 5.91 Å². The molecule has 178 valence electrons. The largest absolute Gasteiger partial charge is 0.298 e. The minimum Gasteiger partial charge on any atom is -0.298 e. The Morgan fingerprint density at radius 2 is 1.71 bits per heavy atom. The molecule has 5 rings (SSSR count). The molecule has 0 aliphatic heterocycles. The van der Waals surface area contributed by atoms with Gasteiger partial charge in [0.2, 0.25) is 10.0 Å². The molecule has 2 aromatic carbocycles. The fraction of sp³-hybridized carbons (Fsp3) is 0.385. The number of hydrogen-bond donors (Lipinski definition) is 1. The highest BCUT2D eigenvalue weighted by Gasteiger charge is 2.30. The zero-order valence-electron chi connectivity index (χ0n) is 19.3. The Morgan fingerprint density at radius 1 is 1.00 bits per heavy atom. The normalized spacial score (nSPS) is 16.5. The number of hydrogen-bond acceptors (Lipinski definition) is 5. The van der Waals surface area contributed by atoms with Gasteiger partial charge in [-0.2, -0.15) is 4.31 Å². The Labute approximate surface area is 205 Å². The lowest BCUT2D eigenvalue weighted by Gasteiger charge is -2.23. The first-order valence-electron chi connectivity index (χ1n) is 11.9. The summed E-state index contributed by atoms with van der Waals surface area (Å²) in [7, 11) is -1.92. The Hall–Kier alpha value is -2.55. The molecule has 1 saturated carbocycles. The Kier molecular flexibility index (Phi) is 6.55. The molecule has 2 aliphatic rings. The van der Waals surface area contributed by atoms with Gasteiger partial charge in [0.05, 0.1) is 10.6 Å². The molecule has 6 nitrogen and oxygen atoms in total. The van der Waals surface area contributed by atoms with Gasteiger partial charge in [-0.05, 0) is 80.0 Å². The second-order valence-corrected chi connectivity index (χ2v) is 12.0. The van der Waals surface area contributed by atoms with Gasteiger partial charge < -0.3 is 0 Å². The van der Waals surface area contributed by atoms with E-state index in [-0.39, 0.29) is 16.8 Å². The lowest BCUT2D eigenvalue weighted by Crippen LogP contribution is -2.35. The molecule has 0 saturated heterocycles. The summed E-state index contributed by atoms with van der Waals surface area (Å²) in [5.74, 6) is -0.306. The highest BCUT2D eigenvalue weighted by molar-refractivity contribution is 7.89. The predicted molar refractivity (Wildman–Crippen MR) is 136 cm³/mol.